The summed E-state index contributed by atoms with van der Waals surface area (Å²) in [6.45, 7) is 2.15. The van der Waals surface area contributed by atoms with Crippen molar-refractivity contribution in [3.63, 3.8) is 0 Å². The molecule has 0 bridgehead atoms. The molecule has 2 rings (SSSR count). The quantitative estimate of drug-likeness (QED) is 0.862. The lowest BCUT2D eigenvalue weighted by molar-refractivity contribution is 0.549. The van der Waals surface area contributed by atoms with Crippen molar-refractivity contribution in [3.05, 3.63) is 41.7 Å². The van der Waals surface area contributed by atoms with Gasteiger partial charge in [0.1, 0.15) is 12.2 Å². The van der Waals surface area contributed by atoms with E-state index in [1.165, 1.54) is 11.1 Å². The Morgan fingerprint density at radius 1 is 1.44 bits per heavy atom. The molecule has 2 aromatic rings. The molecule has 0 saturated heterocycles. The smallest absolute Gasteiger partial charge is 0.138 e. The fourth-order valence-corrected chi connectivity index (χ4v) is 2.13. The molecule has 1 N–H and O–H groups in total. The van der Waals surface area contributed by atoms with Crippen molar-refractivity contribution in [3.8, 4) is 0 Å². The molecular weight excluding hydrogens is 226 g/mol. The highest BCUT2D eigenvalue weighted by molar-refractivity contribution is 5.27. The van der Waals surface area contributed by atoms with Gasteiger partial charge in [-0.3, -0.25) is 9.67 Å². The molecule has 0 fully saturated rings. The van der Waals surface area contributed by atoms with E-state index in [1.807, 2.05) is 31.2 Å². The van der Waals surface area contributed by atoms with Crippen LogP contribution >= 0.6 is 0 Å². The standard InChI is InChI=1S/C13H19N5/c1-4-10-8-15-6-5-11(10)12(14-2)7-13-16-9-17-18(13)3/h5-6,8-9,12,14H,4,7H2,1-3H3. The predicted molar refractivity (Wildman–Crippen MR) is 70.1 cm³/mol. The zero-order chi connectivity index (χ0) is 13.0. The van der Waals surface area contributed by atoms with Crippen molar-refractivity contribution in [1.82, 2.24) is 25.1 Å². The average Bonchev–Trinajstić information content (AvgIpc) is 2.81. The summed E-state index contributed by atoms with van der Waals surface area (Å²) >= 11 is 0. The van der Waals surface area contributed by atoms with Crippen LogP contribution in [0.15, 0.2) is 24.8 Å². The van der Waals surface area contributed by atoms with E-state index >= 15 is 0 Å². The van der Waals surface area contributed by atoms with Crippen molar-refractivity contribution in [2.45, 2.75) is 25.8 Å². The minimum atomic E-state index is 0.242. The molecule has 0 aromatic carbocycles. The molecule has 0 aliphatic carbocycles. The van der Waals surface area contributed by atoms with Crippen LogP contribution in [0.5, 0.6) is 0 Å². The van der Waals surface area contributed by atoms with Crippen LogP contribution in [0, 0.1) is 0 Å². The third-order valence-corrected chi connectivity index (χ3v) is 3.24. The van der Waals surface area contributed by atoms with E-state index in [2.05, 4.69) is 33.4 Å². The Bertz CT molecular complexity index is 506. The molecule has 1 atom stereocenters. The van der Waals surface area contributed by atoms with Gasteiger partial charge >= 0.3 is 0 Å². The maximum Gasteiger partial charge on any atom is 0.138 e. The largest absolute Gasteiger partial charge is 0.313 e. The summed E-state index contributed by atoms with van der Waals surface area (Å²) < 4.78 is 1.82. The molecule has 0 aliphatic rings. The van der Waals surface area contributed by atoms with Gasteiger partial charge in [-0.2, -0.15) is 5.10 Å². The summed E-state index contributed by atoms with van der Waals surface area (Å²) in [6.07, 6.45) is 7.19. The van der Waals surface area contributed by atoms with E-state index in [9.17, 15) is 0 Å². The number of nitrogens with zero attached hydrogens (tertiary/aromatic N) is 4. The number of rotatable bonds is 5. The second-order valence-corrected chi connectivity index (χ2v) is 4.27. The fourth-order valence-electron chi connectivity index (χ4n) is 2.13. The first kappa shape index (κ1) is 12.7. The molecule has 2 heterocycles. The van der Waals surface area contributed by atoms with Gasteiger partial charge < -0.3 is 5.32 Å². The summed E-state index contributed by atoms with van der Waals surface area (Å²) in [5.41, 5.74) is 2.57. The Hall–Kier alpha value is -1.75. The first-order chi connectivity index (χ1) is 8.76. The molecule has 0 aliphatic heterocycles. The summed E-state index contributed by atoms with van der Waals surface area (Å²) in [7, 11) is 3.89. The lowest BCUT2D eigenvalue weighted by Gasteiger charge is -2.18. The first-order valence-corrected chi connectivity index (χ1v) is 6.19. The number of pyridine rings is 1. The minimum absolute atomic E-state index is 0.242. The van der Waals surface area contributed by atoms with E-state index < -0.39 is 0 Å². The van der Waals surface area contributed by atoms with Crippen LogP contribution in [0.2, 0.25) is 0 Å². The Morgan fingerprint density at radius 3 is 2.89 bits per heavy atom. The number of likely N-dealkylation sites (N-methyl/N-ethyl adjacent to an activating group) is 1. The molecule has 0 amide bonds. The van der Waals surface area contributed by atoms with Crippen molar-refractivity contribution >= 4 is 0 Å². The third-order valence-electron chi connectivity index (χ3n) is 3.24. The van der Waals surface area contributed by atoms with Gasteiger partial charge in [0.25, 0.3) is 0 Å². The predicted octanol–water partition coefficient (Wildman–Crippen LogP) is 1.28. The molecule has 0 saturated carbocycles. The number of aryl methyl sites for hydroxylation is 2. The van der Waals surface area contributed by atoms with Crippen LogP contribution in [0.3, 0.4) is 0 Å². The van der Waals surface area contributed by atoms with Crippen molar-refractivity contribution in [1.29, 1.82) is 0 Å². The van der Waals surface area contributed by atoms with Crippen LogP contribution in [-0.4, -0.2) is 26.8 Å². The van der Waals surface area contributed by atoms with E-state index in [-0.39, 0.29) is 6.04 Å². The van der Waals surface area contributed by atoms with Crippen LogP contribution in [0.1, 0.15) is 29.9 Å². The zero-order valence-corrected chi connectivity index (χ0v) is 11.1. The second-order valence-electron chi connectivity index (χ2n) is 4.27. The topological polar surface area (TPSA) is 55.6 Å². The SMILES string of the molecule is CCc1cnccc1C(Cc1ncnn1C)NC. The molecule has 5 heteroatoms. The Kier molecular flexibility index (Phi) is 4.04. The van der Waals surface area contributed by atoms with Gasteiger partial charge in [0.15, 0.2) is 0 Å². The summed E-state index contributed by atoms with van der Waals surface area (Å²) in [5, 5.41) is 7.46. The molecule has 1 unspecified atom stereocenters. The summed E-state index contributed by atoms with van der Waals surface area (Å²) in [4.78, 5) is 8.47. The summed E-state index contributed by atoms with van der Waals surface area (Å²) in [5.74, 6) is 0.980. The molecule has 96 valence electrons. The molecule has 0 radical (unpaired) electrons. The second kappa shape index (κ2) is 5.73. The van der Waals surface area contributed by atoms with Gasteiger partial charge in [0.05, 0.1) is 0 Å². The van der Waals surface area contributed by atoms with Gasteiger partial charge in [-0.05, 0) is 30.7 Å². The maximum absolute atomic E-state index is 4.28. The van der Waals surface area contributed by atoms with Gasteiger partial charge in [0, 0.05) is 31.9 Å². The highest BCUT2D eigenvalue weighted by Crippen LogP contribution is 2.20. The van der Waals surface area contributed by atoms with Gasteiger partial charge in [-0.15, -0.1) is 0 Å². The van der Waals surface area contributed by atoms with Crippen molar-refractivity contribution < 1.29 is 0 Å². The van der Waals surface area contributed by atoms with Crippen LogP contribution in [0.4, 0.5) is 0 Å². The lowest BCUT2D eigenvalue weighted by Crippen LogP contribution is -2.22. The highest BCUT2D eigenvalue weighted by atomic mass is 15.3. The third kappa shape index (κ3) is 2.56. The summed E-state index contributed by atoms with van der Waals surface area (Å²) in [6, 6.07) is 2.32. The van der Waals surface area contributed by atoms with Crippen molar-refractivity contribution in [2.75, 3.05) is 7.05 Å². The van der Waals surface area contributed by atoms with Crippen LogP contribution < -0.4 is 5.32 Å². The van der Waals surface area contributed by atoms with E-state index in [0.717, 1.165) is 18.7 Å². The number of hydrogen-bond donors (Lipinski definition) is 1. The maximum atomic E-state index is 4.28. The lowest BCUT2D eigenvalue weighted by atomic mass is 9.98. The van der Waals surface area contributed by atoms with E-state index in [4.69, 9.17) is 0 Å². The monoisotopic (exact) mass is 245 g/mol. The minimum Gasteiger partial charge on any atom is -0.313 e. The Labute approximate surface area is 107 Å². The van der Waals surface area contributed by atoms with E-state index in [1.54, 1.807) is 6.33 Å². The Morgan fingerprint density at radius 2 is 2.28 bits per heavy atom. The molecule has 18 heavy (non-hydrogen) atoms. The molecule has 0 spiro atoms. The van der Waals surface area contributed by atoms with Crippen LogP contribution in [-0.2, 0) is 19.9 Å². The zero-order valence-electron chi connectivity index (χ0n) is 11.1. The normalized spacial score (nSPS) is 12.6. The Balaban J connectivity index is 2.25. The fraction of sp³-hybridized carbons (Fsp3) is 0.462. The molecular formula is C13H19N5. The van der Waals surface area contributed by atoms with Gasteiger partial charge in [-0.25, -0.2) is 4.98 Å². The average molecular weight is 245 g/mol. The number of hydrogen-bond acceptors (Lipinski definition) is 4. The first-order valence-electron chi connectivity index (χ1n) is 6.19. The molecule has 2 aromatic heterocycles. The highest BCUT2D eigenvalue weighted by Gasteiger charge is 2.15. The van der Waals surface area contributed by atoms with E-state index in [0.29, 0.717) is 0 Å². The number of aromatic nitrogens is 4. The molecule has 5 nitrogen and oxygen atoms in total. The van der Waals surface area contributed by atoms with Gasteiger partial charge in [0.2, 0.25) is 0 Å². The van der Waals surface area contributed by atoms with Crippen LogP contribution in [0.25, 0.3) is 0 Å². The number of nitrogens with one attached hydrogen (secondary N) is 1. The van der Waals surface area contributed by atoms with Gasteiger partial charge in [-0.1, -0.05) is 6.92 Å². The van der Waals surface area contributed by atoms with Crippen molar-refractivity contribution in [2.24, 2.45) is 7.05 Å².